The third kappa shape index (κ3) is 9.92. The van der Waals surface area contributed by atoms with Gasteiger partial charge in [-0.2, -0.15) is 0 Å². The molecule has 0 saturated carbocycles. The van der Waals surface area contributed by atoms with E-state index in [2.05, 4.69) is 25.0 Å². The molecule has 6 heteroatoms. The van der Waals surface area contributed by atoms with Crippen LogP contribution in [0.3, 0.4) is 0 Å². The van der Waals surface area contributed by atoms with Crippen molar-refractivity contribution in [1.82, 2.24) is 0 Å². The van der Waals surface area contributed by atoms with Crippen molar-refractivity contribution in [2.24, 2.45) is 0 Å². The molecule has 0 aromatic heterocycles. The second kappa shape index (κ2) is 10.1. The van der Waals surface area contributed by atoms with Gasteiger partial charge in [0.2, 0.25) is 0 Å². The van der Waals surface area contributed by atoms with Gasteiger partial charge in [0.1, 0.15) is 11.7 Å². The lowest BCUT2D eigenvalue weighted by Gasteiger charge is -2.24. The Labute approximate surface area is 171 Å². The van der Waals surface area contributed by atoms with Crippen molar-refractivity contribution >= 4 is 25.8 Å². The van der Waals surface area contributed by atoms with E-state index in [1.165, 1.54) is 0 Å². The molecule has 5 nitrogen and oxygen atoms in total. The Morgan fingerprint density at radius 2 is 1.82 bits per heavy atom. The van der Waals surface area contributed by atoms with Crippen LogP contribution in [0.4, 0.5) is 10.5 Å². The van der Waals surface area contributed by atoms with Crippen molar-refractivity contribution in [3.8, 4) is 0 Å². The number of carbonyl (C=O) groups is 2. The van der Waals surface area contributed by atoms with Crippen LogP contribution in [0, 0.1) is 6.92 Å². The maximum Gasteiger partial charge on any atom is 0.411 e. The van der Waals surface area contributed by atoms with E-state index in [1.54, 1.807) is 0 Å². The molecule has 0 radical (unpaired) electrons. The van der Waals surface area contributed by atoms with E-state index < -0.39 is 19.8 Å². The number of rotatable bonds is 8. The molecule has 0 aliphatic carbocycles. The Kier molecular flexibility index (Phi) is 8.73. The predicted molar refractivity (Wildman–Crippen MR) is 118 cm³/mol. The molecule has 0 aliphatic rings. The Bertz CT molecular complexity index is 674. The van der Waals surface area contributed by atoms with Gasteiger partial charge in [-0.15, -0.1) is 0 Å². The van der Waals surface area contributed by atoms with Crippen molar-refractivity contribution in [3.05, 3.63) is 29.3 Å². The second-order valence-electron chi connectivity index (χ2n) is 9.57. The third-order valence-electron chi connectivity index (χ3n) is 4.09. The number of hydrogen-bond donors (Lipinski definition) is 1. The van der Waals surface area contributed by atoms with Crippen molar-refractivity contribution in [1.29, 1.82) is 0 Å². The van der Waals surface area contributed by atoms with Crippen LogP contribution < -0.4 is 5.32 Å². The van der Waals surface area contributed by atoms with Gasteiger partial charge in [-0.1, -0.05) is 38.7 Å². The van der Waals surface area contributed by atoms with Crippen LogP contribution in [0.2, 0.25) is 25.7 Å². The van der Waals surface area contributed by atoms with E-state index in [0.717, 1.165) is 23.6 Å². The topological polar surface area (TPSA) is 64.6 Å². The van der Waals surface area contributed by atoms with Gasteiger partial charge >= 0.3 is 12.1 Å². The van der Waals surface area contributed by atoms with Crippen LogP contribution in [0.5, 0.6) is 0 Å². The van der Waals surface area contributed by atoms with E-state index in [9.17, 15) is 9.59 Å². The maximum atomic E-state index is 12.4. The highest BCUT2D eigenvalue weighted by molar-refractivity contribution is 6.76. The molecular formula is C22H37NO4Si. The van der Waals surface area contributed by atoms with Crippen molar-refractivity contribution < 1.29 is 19.1 Å². The van der Waals surface area contributed by atoms with Gasteiger partial charge in [-0.25, -0.2) is 4.79 Å². The van der Waals surface area contributed by atoms with Gasteiger partial charge < -0.3 is 9.47 Å². The molecule has 28 heavy (non-hydrogen) atoms. The molecule has 0 spiro atoms. The molecule has 0 bridgehead atoms. The third-order valence-corrected chi connectivity index (χ3v) is 5.77. The summed E-state index contributed by atoms with van der Waals surface area (Å²) < 4.78 is 11.0. The minimum Gasteiger partial charge on any atom is -0.460 e. The lowest BCUT2D eigenvalue weighted by atomic mass is 10.0. The molecular weight excluding hydrogens is 370 g/mol. The second-order valence-corrected chi connectivity index (χ2v) is 15.1. The number of esters is 1. The van der Waals surface area contributed by atoms with Crippen molar-refractivity contribution in [2.45, 2.75) is 91.3 Å². The highest BCUT2D eigenvalue weighted by Crippen LogP contribution is 2.22. The lowest BCUT2D eigenvalue weighted by molar-refractivity contribution is -0.154. The minimum absolute atomic E-state index is 0.0679. The van der Waals surface area contributed by atoms with Crippen molar-refractivity contribution in [3.63, 3.8) is 0 Å². The van der Waals surface area contributed by atoms with Gasteiger partial charge in [0.15, 0.2) is 0 Å². The van der Waals surface area contributed by atoms with E-state index in [1.807, 2.05) is 52.8 Å². The SMILES string of the molecule is CCC(C[Si](C)(C)C)OC(=O)Nc1cc(C)ccc1CCC(=O)OC(C)(C)C. The van der Waals surface area contributed by atoms with Crippen LogP contribution in [-0.2, 0) is 20.7 Å². The van der Waals surface area contributed by atoms with Gasteiger partial charge in [0.25, 0.3) is 0 Å². The Balaban J connectivity index is 2.78. The number of benzene rings is 1. The molecule has 0 saturated heterocycles. The fourth-order valence-electron chi connectivity index (χ4n) is 2.90. The molecule has 1 aromatic carbocycles. The molecule has 0 heterocycles. The number of amides is 1. The Morgan fingerprint density at radius 3 is 2.36 bits per heavy atom. The standard InChI is InChI=1S/C22H37NO4Si/c1-9-18(15-28(6,7)8)26-21(25)23-19-14-16(2)10-11-17(19)12-13-20(24)27-22(3,4)5/h10-11,14,18H,9,12-13,15H2,1-8H3,(H,23,25). The van der Waals surface area contributed by atoms with Crippen LogP contribution in [0.25, 0.3) is 0 Å². The molecule has 1 unspecified atom stereocenters. The highest BCUT2D eigenvalue weighted by Gasteiger charge is 2.23. The average Bonchev–Trinajstić information content (AvgIpc) is 2.50. The monoisotopic (exact) mass is 407 g/mol. The normalized spacial score (nSPS) is 13.0. The van der Waals surface area contributed by atoms with Crippen molar-refractivity contribution in [2.75, 3.05) is 5.32 Å². The fourth-order valence-corrected chi connectivity index (χ4v) is 4.64. The smallest absolute Gasteiger partial charge is 0.411 e. The Morgan fingerprint density at radius 1 is 1.18 bits per heavy atom. The number of hydrogen-bond acceptors (Lipinski definition) is 4. The largest absolute Gasteiger partial charge is 0.460 e. The zero-order chi connectivity index (χ0) is 21.5. The van der Waals surface area contributed by atoms with Crippen LogP contribution in [0.15, 0.2) is 18.2 Å². The average molecular weight is 408 g/mol. The van der Waals surface area contributed by atoms with Gasteiger partial charge in [0, 0.05) is 20.2 Å². The fraction of sp³-hybridized carbons (Fsp3) is 0.636. The van der Waals surface area contributed by atoms with E-state index in [-0.39, 0.29) is 18.5 Å². The number of aryl methyl sites for hydroxylation is 2. The summed E-state index contributed by atoms with van der Waals surface area (Å²) in [5.41, 5.74) is 2.12. The van der Waals surface area contributed by atoms with Gasteiger partial charge in [-0.05, 0) is 63.8 Å². The molecule has 1 amide bonds. The van der Waals surface area contributed by atoms with E-state index >= 15 is 0 Å². The molecule has 1 N–H and O–H groups in total. The molecule has 1 rings (SSSR count). The van der Waals surface area contributed by atoms with Crippen LogP contribution in [-0.4, -0.2) is 31.8 Å². The number of nitrogens with one attached hydrogen (secondary N) is 1. The van der Waals surface area contributed by atoms with Crippen LogP contribution >= 0.6 is 0 Å². The molecule has 0 fully saturated rings. The number of carbonyl (C=O) groups excluding carboxylic acids is 2. The van der Waals surface area contributed by atoms with Gasteiger partial charge in [-0.3, -0.25) is 10.1 Å². The first-order chi connectivity index (χ1) is 12.8. The van der Waals surface area contributed by atoms with E-state index in [0.29, 0.717) is 12.1 Å². The molecule has 158 valence electrons. The summed E-state index contributed by atoms with van der Waals surface area (Å²) in [4.78, 5) is 24.5. The maximum absolute atomic E-state index is 12.4. The zero-order valence-electron chi connectivity index (χ0n) is 18.8. The summed E-state index contributed by atoms with van der Waals surface area (Å²) in [5, 5.41) is 2.88. The zero-order valence-corrected chi connectivity index (χ0v) is 19.8. The molecule has 0 aliphatic heterocycles. The number of ether oxygens (including phenoxy) is 2. The molecule has 1 atom stereocenters. The first kappa shape index (κ1) is 24.2. The first-order valence-electron chi connectivity index (χ1n) is 10.1. The summed E-state index contributed by atoms with van der Waals surface area (Å²) in [7, 11) is -1.32. The summed E-state index contributed by atoms with van der Waals surface area (Å²) in [6.45, 7) is 16.4. The summed E-state index contributed by atoms with van der Waals surface area (Å²) in [5.74, 6) is -0.247. The predicted octanol–water partition coefficient (Wildman–Crippen LogP) is 5.93. The van der Waals surface area contributed by atoms with Crippen LogP contribution in [0.1, 0.15) is 51.7 Å². The van der Waals surface area contributed by atoms with E-state index in [4.69, 9.17) is 9.47 Å². The van der Waals surface area contributed by atoms with Gasteiger partial charge in [0.05, 0.1) is 0 Å². The first-order valence-corrected chi connectivity index (χ1v) is 13.8. The summed E-state index contributed by atoms with van der Waals surface area (Å²) in [6, 6.07) is 6.76. The minimum atomic E-state index is -1.32. The summed E-state index contributed by atoms with van der Waals surface area (Å²) >= 11 is 0. The number of anilines is 1. The quantitative estimate of drug-likeness (QED) is 0.428. The summed E-state index contributed by atoms with van der Waals surface area (Å²) in [6.07, 6.45) is 1.06. The highest BCUT2D eigenvalue weighted by atomic mass is 28.3. The molecule has 1 aromatic rings. The Hall–Kier alpha value is -1.82. The lowest BCUT2D eigenvalue weighted by Crippen LogP contribution is -2.31.